The number of hydrazone groups is 1. The molecule has 0 saturated carbocycles. The summed E-state index contributed by atoms with van der Waals surface area (Å²) in [6.45, 7) is 1.99. The Hall–Kier alpha value is -4.59. The molecule has 0 atom stereocenters. The number of nitro benzene ring substituents is 1. The Morgan fingerprint density at radius 1 is 1.29 bits per heavy atom. The zero-order valence-corrected chi connectivity index (χ0v) is 18.5. The lowest BCUT2D eigenvalue weighted by Crippen LogP contribution is -2.20. The highest BCUT2D eigenvalue weighted by Gasteiger charge is 2.24. The first-order chi connectivity index (χ1) is 16.4. The fourth-order valence-corrected chi connectivity index (χ4v) is 3.73. The van der Waals surface area contributed by atoms with Crippen molar-refractivity contribution in [3.05, 3.63) is 81.2 Å². The van der Waals surface area contributed by atoms with Crippen LogP contribution in [0.15, 0.2) is 63.2 Å². The summed E-state index contributed by atoms with van der Waals surface area (Å²) in [6, 6.07) is 13.7. The van der Waals surface area contributed by atoms with Gasteiger partial charge in [0.15, 0.2) is 5.69 Å². The van der Waals surface area contributed by atoms with Gasteiger partial charge in [0.25, 0.3) is 11.6 Å². The molecule has 14 heteroatoms. The van der Waals surface area contributed by atoms with E-state index in [9.17, 15) is 14.9 Å². The number of nitrogen functional groups attached to an aromatic ring is 1. The van der Waals surface area contributed by atoms with E-state index in [4.69, 9.17) is 5.73 Å². The Morgan fingerprint density at radius 3 is 2.79 bits per heavy atom. The maximum absolute atomic E-state index is 12.8. The molecule has 4 aromatic rings. The van der Waals surface area contributed by atoms with Gasteiger partial charge in [0.2, 0.25) is 11.6 Å². The fraction of sp³-hybridized carbons (Fsp3) is 0.100. The van der Waals surface area contributed by atoms with Crippen LogP contribution in [-0.2, 0) is 5.75 Å². The number of hydrogen-bond donors (Lipinski definition) is 2. The number of hydrogen-bond acceptors (Lipinski definition) is 11. The van der Waals surface area contributed by atoms with Crippen LogP contribution in [0, 0.1) is 17.0 Å². The smallest absolute Gasteiger partial charge is 0.293 e. The van der Waals surface area contributed by atoms with E-state index in [0.717, 1.165) is 10.5 Å². The van der Waals surface area contributed by atoms with Crippen molar-refractivity contribution in [2.45, 2.75) is 17.6 Å². The normalized spacial score (nSPS) is 11.1. The molecule has 0 radical (unpaired) electrons. The van der Waals surface area contributed by atoms with Gasteiger partial charge in [-0.05, 0) is 29.4 Å². The molecule has 0 saturated heterocycles. The van der Waals surface area contributed by atoms with E-state index in [1.54, 1.807) is 6.07 Å². The van der Waals surface area contributed by atoms with Crippen LogP contribution in [0.1, 0.15) is 27.3 Å². The fourth-order valence-electron chi connectivity index (χ4n) is 2.84. The van der Waals surface area contributed by atoms with Crippen LogP contribution in [0.25, 0.3) is 5.82 Å². The molecule has 0 aliphatic rings. The molecule has 0 bridgehead atoms. The molecule has 172 valence electrons. The zero-order valence-electron chi connectivity index (χ0n) is 17.7. The van der Waals surface area contributed by atoms with Crippen molar-refractivity contribution >= 4 is 35.4 Å². The van der Waals surface area contributed by atoms with E-state index in [2.05, 4.69) is 35.8 Å². The number of nitrogens with two attached hydrogens (primary N) is 1. The number of carbonyl (C=O) groups excluding carboxylic acids is 1. The SMILES string of the molecule is Cc1ccc(SCc2c(C(=O)N/N=C\c3cccc([N+](=O)[O-])c3)nnn2-c2nonc2N)cc1. The summed E-state index contributed by atoms with van der Waals surface area (Å²) < 4.78 is 5.93. The Labute approximate surface area is 196 Å². The van der Waals surface area contributed by atoms with Crippen LogP contribution < -0.4 is 11.2 Å². The summed E-state index contributed by atoms with van der Waals surface area (Å²) in [5.41, 5.74) is 10.0. The summed E-state index contributed by atoms with van der Waals surface area (Å²) >= 11 is 1.46. The molecule has 3 N–H and O–H groups in total. The average molecular weight is 479 g/mol. The number of aromatic nitrogens is 5. The van der Waals surface area contributed by atoms with Crippen molar-refractivity contribution in [2.24, 2.45) is 5.10 Å². The number of amides is 1. The number of nitro groups is 1. The molecule has 2 heterocycles. The van der Waals surface area contributed by atoms with Gasteiger partial charge in [0.05, 0.1) is 16.8 Å². The third kappa shape index (κ3) is 5.07. The Morgan fingerprint density at radius 2 is 2.09 bits per heavy atom. The Kier molecular flexibility index (Phi) is 6.59. The zero-order chi connectivity index (χ0) is 24.1. The first-order valence-electron chi connectivity index (χ1n) is 9.72. The summed E-state index contributed by atoms with van der Waals surface area (Å²) in [7, 11) is 0. The van der Waals surface area contributed by atoms with E-state index in [1.165, 1.54) is 40.9 Å². The highest BCUT2D eigenvalue weighted by atomic mass is 32.2. The number of nitrogens with zero attached hydrogens (tertiary/aromatic N) is 7. The first-order valence-corrected chi connectivity index (χ1v) is 10.7. The summed E-state index contributed by atoms with van der Waals surface area (Å²) in [4.78, 5) is 24.2. The molecule has 0 unspecified atom stereocenters. The molecule has 34 heavy (non-hydrogen) atoms. The standard InChI is InChI=1S/C20H17N9O4S/c1-12-5-7-15(8-6-12)34-11-16-17(23-27-28(16)19-18(21)25-33-26-19)20(30)24-22-10-13-3-2-4-14(9-13)29(31)32/h2-10H,11H2,1H3,(H2,21,25)(H,24,30)/b22-10-. The van der Waals surface area contributed by atoms with Crippen LogP contribution in [0.2, 0.25) is 0 Å². The van der Waals surface area contributed by atoms with E-state index in [-0.39, 0.29) is 23.0 Å². The molecule has 13 nitrogen and oxygen atoms in total. The monoisotopic (exact) mass is 479 g/mol. The number of benzene rings is 2. The number of nitrogens with one attached hydrogen (secondary N) is 1. The second-order valence-electron chi connectivity index (χ2n) is 6.92. The quantitative estimate of drug-likeness (QED) is 0.165. The third-order valence-electron chi connectivity index (χ3n) is 4.53. The van der Waals surface area contributed by atoms with Crippen molar-refractivity contribution < 1.29 is 14.3 Å². The van der Waals surface area contributed by atoms with Gasteiger partial charge in [-0.1, -0.05) is 35.0 Å². The molecule has 0 fully saturated rings. The summed E-state index contributed by atoms with van der Waals surface area (Å²) in [6.07, 6.45) is 1.29. The lowest BCUT2D eigenvalue weighted by atomic mass is 10.2. The van der Waals surface area contributed by atoms with Crippen LogP contribution in [0.3, 0.4) is 0 Å². The van der Waals surface area contributed by atoms with E-state index in [1.807, 2.05) is 31.2 Å². The number of rotatable bonds is 8. The molecule has 1 amide bonds. The van der Waals surface area contributed by atoms with Gasteiger partial charge in [0.1, 0.15) is 0 Å². The van der Waals surface area contributed by atoms with Gasteiger partial charge in [-0.3, -0.25) is 14.9 Å². The van der Waals surface area contributed by atoms with E-state index in [0.29, 0.717) is 17.0 Å². The molecule has 4 rings (SSSR count). The summed E-state index contributed by atoms with van der Waals surface area (Å²) in [5.74, 6) is -0.240. The topological polar surface area (TPSA) is 180 Å². The largest absolute Gasteiger partial charge is 0.378 e. The minimum absolute atomic E-state index is 0.00166. The van der Waals surface area contributed by atoms with Gasteiger partial charge in [-0.15, -0.1) is 16.9 Å². The van der Waals surface area contributed by atoms with Crippen molar-refractivity contribution in [3.8, 4) is 5.82 Å². The second kappa shape index (κ2) is 9.91. The lowest BCUT2D eigenvalue weighted by Gasteiger charge is -2.06. The van der Waals surface area contributed by atoms with Gasteiger partial charge in [-0.2, -0.15) is 9.78 Å². The minimum atomic E-state index is -0.637. The summed E-state index contributed by atoms with van der Waals surface area (Å²) in [5, 5.41) is 30.0. The van der Waals surface area contributed by atoms with E-state index >= 15 is 0 Å². The van der Waals surface area contributed by atoms with Gasteiger partial charge in [0, 0.05) is 28.3 Å². The maximum Gasteiger partial charge on any atom is 0.293 e. The molecule has 0 aliphatic carbocycles. The number of carbonyl (C=O) groups is 1. The number of aryl methyl sites for hydroxylation is 1. The average Bonchev–Trinajstić information content (AvgIpc) is 3.44. The predicted octanol–water partition coefficient (Wildman–Crippen LogP) is 2.51. The number of anilines is 1. The molecule has 0 spiro atoms. The molecule has 0 aliphatic heterocycles. The Bertz CT molecular complexity index is 1360. The van der Waals surface area contributed by atoms with Crippen molar-refractivity contribution in [1.82, 2.24) is 30.7 Å². The number of non-ortho nitro benzene ring substituents is 1. The lowest BCUT2D eigenvalue weighted by molar-refractivity contribution is -0.384. The molecular formula is C20H17N9O4S. The molecule has 2 aromatic carbocycles. The minimum Gasteiger partial charge on any atom is -0.378 e. The van der Waals surface area contributed by atoms with Gasteiger partial charge >= 0.3 is 0 Å². The van der Waals surface area contributed by atoms with Crippen LogP contribution in [-0.4, -0.2) is 42.4 Å². The third-order valence-corrected chi connectivity index (χ3v) is 5.56. The van der Waals surface area contributed by atoms with Crippen LogP contribution >= 0.6 is 11.8 Å². The Balaban J connectivity index is 1.56. The van der Waals surface area contributed by atoms with Gasteiger partial charge < -0.3 is 5.73 Å². The maximum atomic E-state index is 12.8. The second-order valence-corrected chi connectivity index (χ2v) is 7.97. The van der Waals surface area contributed by atoms with Crippen LogP contribution in [0.4, 0.5) is 11.5 Å². The van der Waals surface area contributed by atoms with Crippen molar-refractivity contribution in [1.29, 1.82) is 0 Å². The first kappa shape index (κ1) is 22.6. The number of thioether (sulfide) groups is 1. The highest BCUT2D eigenvalue weighted by molar-refractivity contribution is 7.98. The van der Waals surface area contributed by atoms with Crippen molar-refractivity contribution in [2.75, 3.05) is 5.73 Å². The molecular weight excluding hydrogens is 462 g/mol. The predicted molar refractivity (Wildman–Crippen MR) is 123 cm³/mol. The van der Waals surface area contributed by atoms with Gasteiger partial charge in [-0.25, -0.2) is 10.1 Å². The highest BCUT2D eigenvalue weighted by Crippen LogP contribution is 2.26. The van der Waals surface area contributed by atoms with Crippen molar-refractivity contribution in [3.63, 3.8) is 0 Å². The van der Waals surface area contributed by atoms with E-state index < -0.39 is 10.8 Å². The molecule has 2 aromatic heterocycles. The van der Waals surface area contributed by atoms with Crippen LogP contribution in [0.5, 0.6) is 0 Å².